The van der Waals surface area contributed by atoms with Gasteiger partial charge >= 0.3 is 5.69 Å². The second-order valence-electron chi connectivity index (χ2n) is 6.71. The van der Waals surface area contributed by atoms with Crippen molar-refractivity contribution in [2.24, 2.45) is 14.0 Å². The third kappa shape index (κ3) is 5.98. The molecule has 0 aliphatic carbocycles. The van der Waals surface area contributed by atoms with Crippen LogP contribution in [0.15, 0.2) is 70.3 Å². The lowest BCUT2D eigenvalue weighted by Crippen LogP contribution is -2.36. The summed E-state index contributed by atoms with van der Waals surface area (Å²) in [6.45, 7) is -11.8. The van der Waals surface area contributed by atoms with Gasteiger partial charge in [0.05, 0.1) is 6.61 Å². The zero-order chi connectivity index (χ0) is 34.0. The number of imidazole rings is 1. The lowest BCUT2D eigenvalue weighted by molar-refractivity contribution is 0.0687. The molecule has 0 fully saturated rings. The molecule has 2 aromatic carbocycles. The van der Waals surface area contributed by atoms with Crippen molar-refractivity contribution in [3.63, 3.8) is 0 Å². The normalized spacial score (nSPS) is 18.0. The van der Waals surface area contributed by atoms with Crippen LogP contribution in [0.3, 0.4) is 0 Å². The first-order valence-corrected chi connectivity index (χ1v) is 9.95. The van der Waals surface area contributed by atoms with Gasteiger partial charge in [0.15, 0.2) is 11.2 Å². The van der Waals surface area contributed by atoms with E-state index in [-0.39, 0.29) is 27.6 Å². The first kappa shape index (κ1) is 12.9. The van der Waals surface area contributed by atoms with Gasteiger partial charge in [-0.3, -0.25) is 13.9 Å². The summed E-state index contributed by atoms with van der Waals surface area (Å²) in [6, 6.07) is 19.1. The molecule has 1 N–H and O–H groups in total. The number of ether oxygens (including phenoxy) is 1. The summed E-state index contributed by atoms with van der Waals surface area (Å²) >= 11 is 5.54. The Hall–Kier alpha value is -3.20. The highest BCUT2D eigenvalue weighted by molar-refractivity contribution is 6.28. The van der Waals surface area contributed by atoms with Crippen LogP contribution in [0.2, 0.25) is 5.28 Å². The number of aromatic nitrogens is 4. The van der Waals surface area contributed by atoms with E-state index in [1.165, 1.54) is 0 Å². The largest absolute Gasteiger partial charge is 0.367 e. The van der Waals surface area contributed by atoms with Gasteiger partial charge in [0.2, 0.25) is 5.28 Å². The van der Waals surface area contributed by atoms with Crippen LogP contribution < -0.4 is 11.2 Å². The van der Waals surface area contributed by atoms with Crippen LogP contribution in [-0.2, 0) is 18.7 Å². The lowest BCUT2D eigenvalue weighted by atomic mass is 10.0. The minimum Gasteiger partial charge on any atom is -0.367 e. The van der Waals surface area contributed by atoms with Gasteiger partial charge in [0, 0.05) is 36.9 Å². The molecule has 174 valence electrons. The lowest BCUT2D eigenvalue weighted by Gasteiger charge is -2.20. The van der Waals surface area contributed by atoms with E-state index in [1.54, 1.807) is 0 Å². The molecule has 2 aromatic heterocycles. The predicted molar refractivity (Wildman–Crippen MR) is 131 cm³/mol. The van der Waals surface area contributed by atoms with Crippen molar-refractivity contribution >= 4 is 22.8 Å². The number of halogens is 1. The molecule has 0 atom stereocenters. The first-order valence-electron chi connectivity index (χ1n) is 15.6. The molecule has 0 bridgehead atoms. The maximum Gasteiger partial charge on any atom is 0.332 e. The van der Waals surface area contributed by atoms with Gasteiger partial charge in [-0.05, 0) is 36.7 Å². The van der Waals surface area contributed by atoms with Gasteiger partial charge < -0.3 is 14.6 Å². The zero-order valence-corrected chi connectivity index (χ0v) is 17.9. The summed E-state index contributed by atoms with van der Waals surface area (Å²) in [4.78, 5) is 30.3. The van der Waals surface area contributed by atoms with Crippen LogP contribution >= 0.6 is 11.6 Å². The second kappa shape index (κ2) is 11.1. The zero-order valence-electron chi connectivity index (χ0n) is 29.2. The van der Waals surface area contributed by atoms with Crippen LogP contribution in [0.25, 0.3) is 11.2 Å². The molecule has 4 rings (SSSR count). The van der Waals surface area contributed by atoms with Crippen LogP contribution in [0.1, 0.15) is 33.7 Å². The topological polar surface area (TPSA) is 85.2 Å². The number of rotatable bonds is 6. The molecule has 4 aromatic rings. The Morgan fingerprint density at radius 1 is 1.03 bits per heavy atom. The van der Waals surface area contributed by atoms with Crippen molar-refractivity contribution in [1.29, 1.82) is 0 Å². The Balaban J connectivity index is 0.000000251. The molecule has 33 heavy (non-hydrogen) atoms. The highest BCUT2D eigenvalue weighted by Gasteiger charge is 2.14. The van der Waals surface area contributed by atoms with Crippen molar-refractivity contribution in [1.82, 2.24) is 24.0 Å². The van der Waals surface area contributed by atoms with E-state index in [9.17, 15) is 9.59 Å². The van der Waals surface area contributed by atoms with Gasteiger partial charge in [-0.15, -0.1) is 0 Å². The van der Waals surface area contributed by atoms with Gasteiger partial charge in [-0.2, -0.15) is 4.98 Å². The highest BCUT2D eigenvalue weighted by Crippen LogP contribution is 2.25. The average molecular weight is 482 g/mol. The van der Waals surface area contributed by atoms with Crippen LogP contribution in [0.5, 0.6) is 0 Å². The van der Waals surface area contributed by atoms with Crippen molar-refractivity contribution in [2.75, 3.05) is 27.1 Å². The molecule has 2 heterocycles. The van der Waals surface area contributed by atoms with Gasteiger partial charge in [-0.1, -0.05) is 60.7 Å². The summed E-state index contributed by atoms with van der Waals surface area (Å²) in [5.74, 6) is 0. The fourth-order valence-corrected chi connectivity index (χ4v) is 3.11. The third-order valence-corrected chi connectivity index (χ3v) is 4.65. The standard InChI is InChI=1S/C17H21NO.C7H7ClN4O2/c1-18(2)13-14-19-17(15-9-5-3-6-10-15)16-11-7-4-8-12-16;1-11-4-3(9-6(8)10-4)5(13)12(2)7(11)14/h3-12,17H,13-14H2,1-2H3;1-2H3,(H,9,10)/i2*1D3,2D3. The maximum atomic E-state index is 12.0. The number of likely N-dealkylation sites (N-methyl/N-ethyl adjacent to an activating group) is 1. The Labute approximate surface area is 213 Å². The van der Waals surface area contributed by atoms with Crippen molar-refractivity contribution in [3.8, 4) is 0 Å². The Bertz CT molecular complexity index is 1640. The maximum absolute atomic E-state index is 12.0. The van der Waals surface area contributed by atoms with Crippen LogP contribution in [0.4, 0.5) is 0 Å². The van der Waals surface area contributed by atoms with Gasteiger partial charge in [-0.25, -0.2) is 4.79 Å². The highest BCUT2D eigenvalue weighted by atomic mass is 35.5. The summed E-state index contributed by atoms with van der Waals surface area (Å²) in [7, 11) is 0. The fourth-order valence-electron chi connectivity index (χ4n) is 2.94. The molecule has 0 aliphatic rings. The molecule has 9 heteroatoms. The molecule has 0 saturated heterocycles. The molecule has 0 spiro atoms. The van der Waals surface area contributed by atoms with Gasteiger partial charge in [0.1, 0.15) is 6.10 Å². The first-order chi connectivity index (χ1) is 20.6. The number of hydrogen-bond acceptors (Lipinski definition) is 5. The number of aromatic amines is 1. The van der Waals surface area contributed by atoms with E-state index >= 15 is 0 Å². The molecular weight excluding hydrogens is 442 g/mol. The number of hydrogen-bond donors (Lipinski definition) is 1. The molecule has 0 radical (unpaired) electrons. The number of H-pyrrole nitrogens is 1. The van der Waals surface area contributed by atoms with E-state index in [0.717, 1.165) is 11.1 Å². The van der Waals surface area contributed by atoms with E-state index in [2.05, 4.69) is 9.97 Å². The predicted octanol–water partition coefficient (Wildman–Crippen LogP) is 2.97. The Morgan fingerprint density at radius 2 is 1.64 bits per heavy atom. The Kier molecular flexibility index (Phi) is 4.33. The number of nitrogens with zero attached hydrogens (tertiary/aromatic N) is 4. The van der Waals surface area contributed by atoms with Gasteiger partial charge in [0.25, 0.3) is 5.56 Å². The quantitative estimate of drug-likeness (QED) is 0.428. The van der Waals surface area contributed by atoms with Crippen LogP contribution in [-0.4, -0.2) is 51.1 Å². The molecule has 0 aliphatic heterocycles. The summed E-state index contributed by atoms with van der Waals surface area (Å²) in [5.41, 5.74) is -1.88. The third-order valence-electron chi connectivity index (χ3n) is 4.47. The van der Waals surface area contributed by atoms with E-state index in [0.29, 0.717) is 4.90 Å². The SMILES string of the molecule is [2H]C([2H])([2H])N(CCOC(c1ccccc1)c1ccccc1)C([2H])([2H])[2H].[2H]C([2H])([2H])n1c(=O)c2[nH]c(Cl)nc2n(C([2H])([2H])[2H])c1=O. The number of aryl methyl sites for hydroxylation is 1. The minimum absolute atomic E-state index is 0.0226. The van der Waals surface area contributed by atoms with E-state index < -0.39 is 56.4 Å². The molecule has 8 nitrogen and oxygen atoms in total. The van der Waals surface area contributed by atoms with E-state index in [1.807, 2.05) is 60.7 Å². The number of nitrogens with one attached hydrogen (secondary N) is 1. The number of benzene rings is 2. The van der Waals surface area contributed by atoms with Crippen LogP contribution in [0, 0.1) is 0 Å². The molecule has 0 saturated carbocycles. The second-order valence-corrected chi connectivity index (χ2v) is 7.07. The summed E-state index contributed by atoms with van der Waals surface area (Å²) in [5, 5.41) is -0.335. The average Bonchev–Trinajstić information content (AvgIpc) is 3.28. The fraction of sp³-hybridized carbons (Fsp3) is 0.292. The smallest absolute Gasteiger partial charge is 0.332 e. The number of fused-ring (bicyclic) bond motifs is 1. The molecule has 0 unspecified atom stereocenters. The van der Waals surface area contributed by atoms with Crippen molar-refractivity contribution in [3.05, 3.63) is 97.9 Å². The van der Waals surface area contributed by atoms with Crippen molar-refractivity contribution < 1.29 is 21.2 Å². The summed E-state index contributed by atoms with van der Waals surface area (Å²) < 4.78 is 93.7. The van der Waals surface area contributed by atoms with E-state index in [4.69, 9.17) is 32.8 Å². The molecule has 0 amide bonds. The monoisotopic (exact) mass is 481 g/mol. The van der Waals surface area contributed by atoms with Crippen molar-refractivity contribution in [2.45, 2.75) is 6.10 Å². The Morgan fingerprint density at radius 3 is 2.18 bits per heavy atom. The summed E-state index contributed by atoms with van der Waals surface area (Å²) in [6.07, 6.45) is -0.391. The molecular formula is C24H28ClN5O3. The minimum atomic E-state index is -3.13.